The molecule has 1 aliphatic heterocycles. The first-order chi connectivity index (χ1) is 9.14. The van der Waals surface area contributed by atoms with Crippen LogP contribution in [0.5, 0.6) is 0 Å². The van der Waals surface area contributed by atoms with Gasteiger partial charge in [0.1, 0.15) is 0 Å². The van der Waals surface area contributed by atoms with Crippen LogP contribution in [0.2, 0.25) is 0 Å². The molecule has 6 nitrogen and oxygen atoms in total. The first-order valence-electron chi connectivity index (χ1n) is 6.69. The molecule has 0 unspecified atom stereocenters. The Morgan fingerprint density at radius 2 is 1.90 bits per heavy atom. The van der Waals surface area contributed by atoms with E-state index in [1.54, 1.807) is 7.11 Å². The van der Waals surface area contributed by atoms with Crippen LogP contribution < -0.4 is 10.6 Å². The predicted molar refractivity (Wildman–Crippen MR) is 77.9 cm³/mol. The number of hydrogen-bond acceptors (Lipinski definition) is 5. The largest absolute Gasteiger partial charge is 0.469 e. The van der Waals surface area contributed by atoms with Crippen LogP contribution in [-0.2, 0) is 19.1 Å². The predicted octanol–water partition coefficient (Wildman–Crippen LogP) is 0.494. The van der Waals surface area contributed by atoms with Gasteiger partial charge in [-0.1, -0.05) is 0 Å². The molecule has 0 aromatic rings. The second-order valence-corrected chi connectivity index (χ2v) is 4.90. The van der Waals surface area contributed by atoms with E-state index in [1.165, 1.54) is 7.11 Å². The lowest BCUT2D eigenvalue weighted by Crippen LogP contribution is -2.50. The second-order valence-electron chi connectivity index (χ2n) is 4.90. The van der Waals surface area contributed by atoms with Gasteiger partial charge in [0.05, 0.1) is 19.1 Å². The smallest absolute Gasteiger partial charge is 0.305 e. The maximum atomic E-state index is 12.3. The van der Waals surface area contributed by atoms with Gasteiger partial charge < -0.3 is 20.1 Å². The second kappa shape index (κ2) is 9.96. The zero-order valence-electron chi connectivity index (χ0n) is 12.2. The summed E-state index contributed by atoms with van der Waals surface area (Å²) in [5.74, 6) is -0.219. The molecular weight excluding hydrogens is 284 g/mol. The fourth-order valence-electron chi connectivity index (χ4n) is 2.34. The molecule has 0 aliphatic carbocycles. The number of nitrogens with one attached hydrogen (secondary N) is 2. The molecule has 1 heterocycles. The Bertz CT molecular complexity index is 301. The van der Waals surface area contributed by atoms with Crippen LogP contribution in [0.25, 0.3) is 0 Å². The molecule has 0 bridgehead atoms. The third kappa shape index (κ3) is 5.64. The van der Waals surface area contributed by atoms with E-state index >= 15 is 0 Å². The number of amides is 1. The number of carbonyl (C=O) groups excluding carboxylic acids is 2. The van der Waals surface area contributed by atoms with Crippen molar-refractivity contribution in [1.82, 2.24) is 10.6 Å². The van der Waals surface area contributed by atoms with Crippen molar-refractivity contribution in [2.24, 2.45) is 5.41 Å². The van der Waals surface area contributed by atoms with Gasteiger partial charge in [0.15, 0.2) is 0 Å². The number of halogens is 1. The van der Waals surface area contributed by atoms with Crippen LogP contribution in [0.1, 0.15) is 25.7 Å². The summed E-state index contributed by atoms with van der Waals surface area (Å²) < 4.78 is 9.76. The average Bonchev–Trinajstić information content (AvgIpc) is 2.44. The monoisotopic (exact) mass is 308 g/mol. The van der Waals surface area contributed by atoms with E-state index in [9.17, 15) is 9.59 Å². The third-order valence-electron chi connectivity index (χ3n) is 3.53. The van der Waals surface area contributed by atoms with Gasteiger partial charge in [0.2, 0.25) is 5.91 Å². The van der Waals surface area contributed by atoms with E-state index in [2.05, 4.69) is 15.4 Å². The number of rotatable bonds is 7. The number of piperidine rings is 1. The summed E-state index contributed by atoms with van der Waals surface area (Å²) in [7, 11) is 2.98. The van der Waals surface area contributed by atoms with E-state index in [1.807, 2.05) is 0 Å². The summed E-state index contributed by atoms with van der Waals surface area (Å²) in [4.78, 5) is 23.2. The Hall–Kier alpha value is -0.850. The van der Waals surface area contributed by atoms with E-state index in [4.69, 9.17) is 4.74 Å². The van der Waals surface area contributed by atoms with Crippen molar-refractivity contribution in [3.8, 4) is 0 Å². The SMILES string of the molecule is COCC1(C(=O)NCCCC(=O)OC)CCNCC1.Cl. The van der Waals surface area contributed by atoms with Crippen molar-refractivity contribution in [3.63, 3.8) is 0 Å². The molecule has 0 spiro atoms. The molecule has 1 fully saturated rings. The normalized spacial score (nSPS) is 16.9. The van der Waals surface area contributed by atoms with Gasteiger partial charge >= 0.3 is 5.97 Å². The van der Waals surface area contributed by atoms with Crippen molar-refractivity contribution >= 4 is 24.3 Å². The highest BCUT2D eigenvalue weighted by Gasteiger charge is 2.39. The highest BCUT2D eigenvalue weighted by Crippen LogP contribution is 2.29. The summed E-state index contributed by atoms with van der Waals surface area (Å²) >= 11 is 0. The molecule has 0 saturated carbocycles. The zero-order chi connectivity index (χ0) is 14.1. The molecule has 0 radical (unpaired) electrons. The summed E-state index contributed by atoms with van der Waals surface area (Å²) in [5.41, 5.74) is -0.425. The van der Waals surface area contributed by atoms with Crippen molar-refractivity contribution < 1.29 is 19.1 Å². The van der Waals surface area contributed by atoms with E-state index in [-0.39, 0.29) is 24.3 Å². The van der Waals surface area contributed by atoms with E-state index in [0.29, 0.717) is 26.0 Å². The Labute approximate surface area is 126 Å². The van der Waals surface area contributed by atoms with Crippen molar-refractivity contribution in [3.05, 3.63) is 0 Å². The standard InChI is InChI=1S/C13H24N2O4.ClH/c1-18-10-13(5-8-14-9-6-13)12(17)15-7-3-4-11(16)19-2;/h14H,3-10H2,1-2H3,(H,15,17);1H. The van der Waals surface area contributed by atoms with Gasteiger partial charge in [-0.15, -0.1) is 12.4 Å². The Morgan fingerprint density at radius 1 is 1.25 bits per heavy atom. The zero-order valence-corrected chi connectivity index (χ0v) is 13.0. The summed E-state index contributed by atoms with van der Waals surface area (Å²) in [5, 5.41) is 6.15. The molecular formula is C13H25ClN2O4. The number of esters is 1. The molecule has 1 aliphatic rings. The van der Waals surface area contributed by atoms with Crippen molar-refractivity contribution in [2.45, 2.75) is 25.7 Å². The molecule has 2 N–H and O–H groups in total. The Morgan fingerprint density at radius 3 is 2.45 bits per heavy atom. The number of hydrogen-bond donors (Lipinski definition) is 2. The van der Waals surface area contributed by atoms with Gasteiger partial charge in [-0.2, -0.15) is 0 Å². The van der Waals surface area contributed by atoms with Crippen LogP contribution in [0, 0.1) is 5.41 Å². The third-order valence-corrected chi connectivity index (χ3v) is 3.53. The maximum absolute atomic E-state index is 12.3. The maximum Gasteiger partial charge on any atom is 0.305 e. The van der Waals surface area contributed by atoms with Gasteiger partial charge in [0, 0.05) is 20.1 Å². The fraction of sp³-hybridized carbons (Fsp3) is 0.846. The number of methoxy groups -OCH3 is 2. The Balaban J connectivity index is 0.00000361. The number of ether oxygens (including phenoxy) is 2. The van der Waals surface area contributed by atoms with Crippen molar-refractivity contribution in [2.75, 3.05) is 40.5 Å². The van der Waals surface area contributed by atoms with Gasteiger partial charge in [-0.05, 0) is 32.4 Å². The van der Waals surface area contributed by atoms with E-state index in [0.717, 1.165) is 25.9 Å². The highest BCUT2D eigenvalue weighted by molar-refractivity contribution is 5.85. The van der Waals surface area contributed by atoms with E-state index < -0.39 is 5.41 Å². The lowest BCUT2D eigenvalue weighted by Gasteiger charge is -2.35. The summed E-state index contributed by atoms with van der Waals surface area (Å²) in [6.07, 6.45) is 2.49. The molecule has 0 aromatic carbocycles. The minimum absolute atomic E-state index is 0. The highest BCUT2D eigenvalue weighted by atomic mass is 35.5. The minimum atomic E-state index is -0.425. The number of carbonyl (C=O) groups is 2. The van der Waals surface area contributed by atoms with Gasteiger partial charge in [0.25, 0.3) is 0 Å². The first-order valence-corrected chi connectivity index (χ1v) is 6.69. The molecule has 20 heavy (non-hydrogen) atoms. The summed E-state index contributed by atoms with van der Waals surface area (Å²) in [6, 6.07) is 0. The molecule has 1 saturated heterocycles. The first kappa shape index (κ1) is 19.1. The minimum Gasteiger partial charge on any atom is -0.469 e. The molecule has 0 aromatic heterocycles. The fourth-order valence-corrected chi connectivity index (χ4v) is 2.34. The van der Waals surface area contributed by atoms with Crippen LogP contribution in [-0.4, -0.2) is 52.3 Å². The Kier molecular flexibility index (Phi) is 9.54. The molecule has 118 valence electrons. The molecule has 0 atom stereocenters. The topological polar surface area (TPSA) is 76.7 Å². The molecule has 1 rings (SSSR count). The lowest BCUT2D eigenvalue weighted by atomic mass is 9.78. The van der Waals surface area contributed by atoms with Crippen LogP contribution >= 0.6 is 12.4 Å². The average molecular weight is 309 g/mol. The lowest BCUT2D eigenvalue weighted by molar-refractivity contribution is -0.141. The van der Waals surface area contributed by atoms with Gasteiger partial charge in [-0.3, -0.25) is 9.59 Å². The summed E-state index contributed by atoms with van der Waals surface area (Å²) in [6.45, 7) is 2.60. The van der Waals surface area contributed by atoms with Crippen LogP contribution in [0.15, 0.2) is 0 Å². The van der Waals surface area contributed by atoms with Crippen molar-refractivity contribution in [1.29, 1.82) is 0 Å². The molecule has 7 heteroatoms. The quantitative estimate of drug-likeness (QED) is 0.529. The van der Waals surface area contributed by atoms with Crippen LogP contribution in [0.3, 0.4) is 0 Å². The molecule has 1 amide bonds. The van der Waals surface area contributed by atoms with Crippen LogP contribution in [0.4, 0.5) is 0 Å². The van der Waals surface area contributed by atoms with Gasteiger partial charge in [-0.25, -0.2) is 0 Å².